The second kappa shape index (κ2) is 6.68. The Labute approximate surface area is 123 Å². The van der Waals surface area contributed by atoms with Crippen LogP contribution >= 0.6 is 0 Å². The molecule has 2 aromatic carbocycles. The first-order chi connectivity index (χ1) is 10.1. The Morgan fingerprint density at radius 2 is 1.86 bits per heavy atom. The van der Waals surface area contributed by atoms with Crippen LogP contribution in [0, 0.1) is 18.6 Å². The molecule has 0 aliphatic rings. The van der Waals surface area contributed by atoms with E-state index in [1.165, 1.54) is 6.07 Å². The number of hydrogen-bond donors (Lipinski definition) is 1. The number of rotatable bonds is 5. The van der Waals surface area contributed by atoms with Crippen LogP contribution in [0.2, 0.25) is 0 Å². The number of benzene rings is 2. The first-order valence-electron chi connectivity index (χ1n) is 6.90. The minimum Gasteiger partial charge on any atom is -0.496 e. The van der Waals surface area contributed by atoms with Crippen LogP contribution in [0.4, 0.5) is 8.78 Å². The highest BCUT2D eigenvalue weighted by molar-refractivity contribution is 5.67. The van der Waals surface area contributed by atoms with Gasteiger partial charge in [0, 0.05) is 23.7 Å². The van der Waals surface area contributed by atoms with Crippen LogP contribution in [-0.4, -0.2) is 13.7 Å². The van der Waals surface area contributed by atoms with E-state index >= 15 is 0 Å². The van der Waals surface area contributed by atoms with Gasteiger partial charge in [-0.25, -0.2) is 8.78 Å². The van der Waals surface area contributed by atoms with Crippen molar-refractivity contribution in [2.45, 2.75) is 20.4 Å². The molecule has 0 heterocycles. The Morgan fingerprint density at radius 1 is 1.10 bits per heavy atom. The summed E-state index contributed by atoms with van der Waals surface area (Å²) in [6.45, 7) is 5.10. The Kier molecular flexibility index (Phi) is 4.91. The molecule has 0 bridgehead atoms. The van der Waals surface area contributed by atoms with Crippen LogP contribution in [0.25, 0.3) is 11.1 Å². The zero-order valence-corrected chi connectivity index (χ0v) is 12.5. The standard InChI is InChI=1S/C17H19F2NO/c1-4-20-10-13-8-12(5-6-17(13)21-3)14-7-11(2)15(18)9-16(14)19/h5-9,20H,4,10H2,1-3H3. The summed E-state index contributed by atoms with van der Waals surface area (Å²) >= 11 is 0. The highest BCUT2D eigenvalue weighted by Crippen LogP contribution is 2.29. The number of halogens is 2. The maximum Gasteiger partial charge on any atom is 0.133 e. The van der Waals surface area contributed by atoms with Crippen molar-refractivity contribution in [1.82, 2.24) is 5.32 Å². The van der Waals surface area contributed by atoms with Crippen molar-refractivity contribution in [3.8, 4) is 16.9 Å². The van der Waals surface area contributed by atoms with E-state index in [0.717, 1.165) is 23.9 Å². The van der Waals surface area contributed by atoms with Gasteiger partial charge in [0.05, 0.1) is 7.11 Å². The first-order valence-corrected chi connectivity index (χ1v) is 6.90. The van der Waals surface area contributed by atoms with E-state index in [1.54, 1.807) is 26.2 Å². The van der Waals surface area contributed by atoms with Crippen LogP contribution in [0.5, 0.6) is 5.75 Å². The van der Waals surface area contributed by atoms with Crippen molar-refractivity contribution in [2.75, 3.05) is 13.7 Å². The molecular formula is C17H19F2NO. The Bertz CT molecular complexity index is 641. The summed E-state index contributed by atoms with van der Waals surface area (Å²) in [5, 5.41) is 3.22. The van der Waals surface area contributed by atoms with Gasteiger partial charge < -0.3 is 10.1 Å². The van der Waals surface area contributed by atoms with Crippen molar-refractivity contribution < 1.29 is 13.5 Å². The molecule has 0 aromatic heterocycles. The third-order valence-electron chi connectivity index (χ3n) is 3.41. The topological polar surface area (TPSA) is 21.3 Å². The van der Waals surface area contributed by atoms with E-state index in [9.17, 15) is 8.78 Å². The molecule has 0 unspecified atom stereocenters. The van der Waals surface area contributed by atoms with E-state index in [0.29, 0.717) is 23.2 Å². The van der Waals surface area contributed by atoms with Crippen LogP contribution in [0.15, 0.2) is 30.3 Å². The third kappa shape index (κ3) is 3.39. The average Bonchev–Trinajstić information content (AvgIpc) is 2.48. The molecule has 0 spiro atoms. The molecule has 4 heteroatoms. The molecule has 0 aliphatic heterocycles. The lowest BCUT2D eigenvalue weighted by atomic mass is 10.00. The second-order valence-corrected chi connectivity index (χ2v) is 4.89. The predicted molar refractivity (Wildman–Crippen MR) is 80.5 cm³/mol. The Morgan fingerprint density at radius 3 is 2.52 bits per heavy atom. The Balaban J connectivity index is 2.47. The van der Waals surface area contributed by atoms with Gasteiger partial charge in [0.15, 0.2) is 0 Å². The molecule has 1 N–H and O–H groups in total. The van der Waals surface area contributed by atoms with Crippen molar-refractivity contribution in [3.05, 3.63) is 53.1 Å². The molecule has 0 fully saturated rings. The monoisotopic (exact) mass is 291 g/mol. The SMILES string of the molecule is CCNCc1cc(-c2cc(C)c(F)cc2F)ccc1OC. The number of aryl methyl sites for hydroxylation is 1. The zero-order chi connectivity index (χ0) is 15.4. The zero-order valence-electron chi connectivity index (χ0n) is 12.5. The maximum absolute atomic E-state index is 14.0. The fourth-order valence-electron chi connectivity index (χ4n) is 2.22. The molecule has 0 saturated carbocycles. The summed E-state index contributed by atoms with van der Waals surface area (Å²) in [6, 6.07) is 7.92. The van der Waals surface area contributed by atoms with Gasteiger partial charge in [-0.1, -0.05) is 13.0 Å². The lowest BCUT2D eigenvalue weighted by Gasteiger charge is -2.12. The number of hydrogen-bond acceptors (Lipinski definition) is 2. The van der Waals surface area contributed by atoms with Gasteiger partial charge in [-0.05, 0) is 42.8 Å². The first kappa shape index (κ1) is 15.4. The second-order valence-electron chi connectivity index (χ2n) is 4.89. The van der Waals surface area contributed by atoms with E-state index < -0.39 is 11.6 Å². The van der Waals surface area contributed by atoms with Gasteiger partial charge in [0.2, 0.25) is 0 Å². The molecular weight excluding hydrogens is 272 g/mol. The number of ether oxygens (including phenoxy) is 1. The average molecular weight is 291 g/mol. The van der Waals surface area contributed by atoms with Crippen molar-refractivity contribution in [3.63, 3.8) is 0 Å². The van der Waals surface area contributed by atoms with E-state index in [2.05, 4.69) is 5.32 Å². The molecule has 0 aliphatic carbocycles. The van der Waals surface area contributed by atoms with Crippen molar-refractivity contribution in [2.24, 2.45) is 0 Å². The summed E-state index contributed by atoms with van der Waals surface area (Å²) in [5.41, 5.74) is 2.48. The quantitative estimate of drug-likeness (QED) is 0.897. The minimum absolute atomic E-state index is 0.398. The fourth-order valence-corrected chi connectivity index (χ4v) is 2.22. The van der Waals surface area contributed by atoms with Gasteiger partial charge in [-0.3, -0.25) is 0 Å². The highest BCUT2D eigenvalue weighted by Gasteiger charge is 2.12. The lowest BCUT2D eigenvalue weighted by molar-refractivity contribution is 0.408. The molecule has 2 nitrogen and oxygen atoms in total. The van der Waals surface area contributed by atoms with Gasteiger partial charge in [0.25, 0.3) is 0 Å². The molecule has 21 heavy (non-hydrogen) atoms. The maximum atomic E-state index is 14.0. The van der Waals surface area contributed by atoms with Gasteiger partial charge in [-0.2, -0.15) is 0 Å². The van der Waals surface area contributed by atoms with Crippen LogP contribution in [0.3, 0.4) is 0 Å². The van der Waals surface area contributed by atoms with Crippen molar-refractivity contribution in [1.29, 1.82) is 0 Å². The third-order valence-corrected chi connectivity index (χ3v) is 3.41. The molecule has 2 aromatic rings. The molecule has 0 amide bonds. The molecule has 2 rings (SSSR count). The van der Waals surface area contributed by atoms with Crippen molar-refractivity contribution >= 4 is 0 Å². The number of methoxy groups -OCH3 is 1. The number of nitrogens with one attached hydrogen (secondary N) is 1. The molecule has 112 valence electrons. The summed E-state index contributed by atoms with van der Waals surface area (Å²) in [5.74, 6) is -0.339. The molecule has 0 radical (unpaired) electrons. The van der Waals surface area contributed by atoms with Gasteiger partial charge in [0.1, 0.15) is 17.4 Å². The summed E-state index contributed by atoms with van der Waals surface area (Å²) in [4.78, 5) is 0. The minimum atomic E-state index is -0.558. The van der Waals surface area contributed by atoms with Crippen LogP contribution in [0.1, 0.15) is 18.1 Å². The normalized spacial score (nSPS) is 10.7. The smallest absolute Gasteiger partial charge is 0.133 e. The van der Waals surface area contributed by atoms with E-state index in [1.807, 2.05) is 13.0 Å². The van der Waals surface area contributed by atoms with E-state index in [4.69, 9.17) is 4.74 Å². The fraction of sp³-hybridized carbons (Fsp3) is 0.294. The molecule has 0 saturated heterocycles. The predicted octanol–water partition coefficient (Wildman–Crippen LogP) is 4.06. The van der Waals surface area contributed by atoms with Crippen LogP contribution in [-0.2, 0) is 6.54 Å². The summed E-state index contributed by atoms with van der Waals surface area (Å²) in [6.07, 6.45) is 0. The summed E-state index contributed by atoms with van der Waals surface area (Å²) in [7, 11) is 1.60. The lowest BCUT2D eigenvalue weighted by Crippen LogP contribution is -2.12. The van der Waals surface area contributed by atoms with E-state index in [-0.39, 0.29) is 0 Å². The molecule has 0 atom stereocenters. The van der Waals surface area contributed by atoms with Gasteiger partial charge >= 0.3 is 0 Å². The summed E-state index contributed by atoms with van der Waals surface area (Å²) < 4.78 is 32.7. The van der Waals surface area contributed by atoms with Crippen LogP contribution < -0.4 is 10.1 Å². The largest absolute Gasteiger partial charge is 0.496 e. The Hall–Kier alpha value is -1.94. The van der Waals surface area contributed by atoms with Gasteiger partial charge in [-0.15, -0.1) is 0 Å². The highest BCUT2D eigenvalue weighted by atomic mass is 19.1.